The summed E-state index contributed by atoms with van der Waals surface area (Å²) in [5.41, 5.74) is 5.66. The van der Waals surface area contributed by atoms with Crippen molar-refractivity contribution in [2.24, 2.45) is 5.92 Å². The third-order valence-electron chi connectivity index (χ3n) is 8.23. The molecule has 3 heterocycles. The molecule has 210 valence electrons. The lowest BCUT2D eigenvalue weighted by Crippen LogP contribution is -2.47. The average molecular weight is 552 g/mol. The van der Waals surface area contributed by atoms with Crippen LogP contribution in [0.15, 0.2) is 35.1 Å². The highest BCUT2D eigenvalue weighted by Crippen LogP contribution is 2.28. The molecule has 9 heteroatoms. The number of aliphatic hydroxyl groups excluding tert-OH is 1. The molecular weight excluding hydrogens is 510 g/mol. The normalized spacial score (nSPS) is 18.2. The minimum atomic E-state index is -0.822. The van der Waals surface area contributed by atoms with E-state index in [4.69, 9.17) is 9.72 Å². The van der Waals surface area contributed by atoms with Crippen molar-refractivity contribution in [1.29, 1.82) is 0 Å². The second-order valence-corrected chi connectivity index (χ2v) is 12.3. The number of pyridine rings is 1. The second kappa shape index (κ2) is 12.7. The number of piperidine rings is 1. The summed E-state index contributed by atoms with van der Waals surface area (Å²) in [6, 6.07) is 10.4. The van der Waals surface area contributed by atoms with Crippen LogP contribution < -0.4 is 14.9 Å². The number of likely N-dealkylation sites (tertiary alicyclic amines) is 1. The number of nitrogens with one attached hydrogen (secondary N) is 2. The number of hydrogen-bond donors (Lipinski definition) is 3. The SMILES string of the molecule is Cc1cc(COc2ccc(C(O)NC(Cc3n[nH]c(=O)s3)C3CCN(C(C)C)CC3)cc2)c2c(n1)CCCC2. The monoisotopic (exact) mass is 551 g/mol. The molecule has 3 N–H and O–H groups in total. The van der Waals surface area contributed by atoms with Gasteiger partial charge in [-0.1, -0.05) is 23.5 Å². The summed E-state index contributed by atoms with van der Waals surface area (Å²) in [5, 5.41) is 22.1. The van der Waals surface area contributed by atoms with Gasteiger partial charge >= 0.3 is 4.87 Å². The van der Waals surface area contributed by atoms with Crippen molar-refractivity contribution >= 4 is 11.3 Å². The predicted molar refractivity (Wildman–Crippen MR) is 154 cm³/mol. The smallest absolute Gasteiger partial charge is 0.322 e. The van der Waals surface area contributed by atoms with E-state index in [1.165, 1.54) is 29.7 Å². The summed E-state index contributed by atoms with van der Waals surface area (Å²) >= 11 is 1.15. The molecule has 0 saturated carbocycles. The molecule has 39 heavy (non-hydrogen) atoms. The molecule has 0 radical (unpaired) electrons. The molecular formula is C30H41N5O3S. The van der Waals surface area contributed by atoms with Gasteiger partial charge in [0.1, 0.15) is 23.6 Å². The molecule has 5 rings (SSSR count). The standard InChI is InChI=1S/C30H41N5O3S/c1-19(2)35-14-12-21(13-15-35)27(17-28-33-34-30(37)39-28)32-29(36)22-8-10-24(11-9-22)38-18-23-16-20(3)31-26-7-5-4-6-25(23)26/h8-11,16,19,21,27,29,32,36H,4-7,12-15,17-18H2,1-3H3,(H,34,37). The summed E-state index contributed by atoms with van der Waals surface area (Å²) in [4.78, 5) is 18.8. The zero-order chi connectivity index (χ0) is 27.4. The van der Waals surface area contributed by atoms with Crippen LogP contribution in [0.2, 0.25) is 0 Å². The van der Waals surface area contributed by atoms with Crippen molar-refractivity contribution in [3.8, 4) is 5.75 Å². The maximum Gasteiger partial charge on any atom is 0.322 e. The number of H-pyrrole nitrogens is 1. The average Bonchev–Trinajstić information content (AvgIpc) is 3.35. The largest absolute Gasteiger partial charge is 0.489 e. The van der Waals surface area contributed by atoms with Gasteiger partial charge in [-0.05, 0) is 113 Å². The molecule has 0 amide bonds. The molecule has 0 spiro atoms. The number of fused-ring (bicyclic) bond motifs is 1. The Balaban J connectivity index is 1.22. The van der Waals surface area contributed by atoms with Crippen LogP contribution in [-0.2, 0) is 25.9 Å². The molecule has 2 unspecified atom stereocenters. The maximum atomic E-state index is 11.7. The van der Waals surface area contributed by atoms with E-state index in [9.17, 15) is 9.90 Å². The lowest BCUT2D eigenvalue weighted by Gasteiger charge is -2.38. The van der Waals surface area contributed by atoms with E-state index in [1.807, 2.05) is 24.3 Å². The number of rotatable bonds is 10. The summed E-state index contributed by atoms with van der Waals surface area (Å²) in [7, 11) is 0. The summed E-state index contributed by atoms with van der Waals surface area (Å²) < 4.78 is 6.16. The van der Waals surface area contributed by atoms with Gasteiger partial charge in [0, 0.05) is 29.9 Å². The maximum absolute atomic E-state index is 11.7. The van der Waals surface area contributed by atoms with Gasteiger partial charge in [-0.2, -0.15) is 5.10 Å². The van der Waals surface area contributed by atoms with Crippen LogP contribution in [0, 0.1) is 12.8 Å². The zero-order valence-corrected chi connectivity index (χ0v) is 24.1. The van der Waals surface area contributed by atoms with Gasteiger partial charge < -0.3 is 14.7 Å². The van der Waals surface area contributed by atoms with Crippen molar-refractivity contribution in [3.05, 3.63) is 73.1 Å². The van der Waals surface area contributed by atoms with Crippen molar-refractivity contribution in [2.45, 2.75) is 90.6 Å². The predicted octanol–water partition coefficient (Wildman–Crippen LogP) is 4.30. The van der Waals surface area contributed by atoms with Crippen molar-refractivity contribution in [1.82, 2.24) is 25.4 Å². The molecule has 1 saturated heterocycles. The van der Waals surface area contributed by atoms with E-state index in [2.05, 4.69) is 47.3 Å². The molecule has 3 aromatic rings. The molecule has 1 aliphatic heterocycles. The Labute approximate surface area is 234 Å². The molecule has 2 atom stereocenters. The molecule has 1 aromatic carbocycles. The highest BCUT2D eigenvalue weighted by Gasteiger charge is 2.30. The summed E-state index contributed by atoms with van der Waals surface area (Å²) in [5.74, 6) is 1.18. The fourth-order valence-corrected chi connectivity index (χ4v) is 6.67. The molecule has 1 aliphatic carbocycles. The van der Waals surface area contributed by atoms with Gasteiger partial charge in [-0.25, -0.2) is 5.10 Å². The van der Waals surface area contributed by atoms with E-state index >= 15 is 0 Å². The minimum absolute atomic E-state index is 0.0188. The third-order valence-corrected chi connectivity index (χ3v) is 9.00. The number of aromatic amines is 1. The molecule has 8 nitrogen and oxygen atoms in total. The second-order valence-electron chi connectivity index (χ2n) is 11.3. The van der Waals surface area contributed by atoms with Crippen molar-refractivity contribution in [3.63, 3.8) is 0 Å². The first kappa shape index (κ1) is 28.0. The fraction of sp³-hybridized carbons (Fsp3) is 0.567. The minimum Gasteiger partial charge on any atom is -0.489 e. The topological polar surface area (TPSA) is 103 Å². The van der Waals surface area contributed by atoms with Gasteiger partial charge in [0.05, 0.1) is 0 Å². The first-order valence-corrected chi connectivity index (χ1v) is 15.1. The number of aliphatic hydroxyl groups is 1. The zero-order valence-electron chi connectivity index (χ0n) is 23.3. The first-order valence-electron chi connectivity index (χ1n) is 14.3. The fourth-order valence-electron chi connectivity index (χ4n) is 6.01. The van der Waals surface area contributed by atoms with E-state index in [0.29, 0.717) is 25.0 Å². The third kappa shape index (κ3) is 7.14. The van der Waals surface area contributed by atoms with Crippen LogP contribution >= 0.6 is 11.3 Å². The van der Waals surface area contributed by atoms with Gasteiger partial charge in [0.15, 0.2) is 0 Å². The molecule has 2 aromatic heterocycles. The van der Waals surface area contributed by atoms with Crippen LogP contribution in [0.4, 0.5) is 0 Å². The number of aromatic nitrogens is 3. The van der Waals surface area contributed by atoms with Gasteiger partial charge in [0.25, 0.3) is 0 Å². The Bertz CT molecular complexity index is 1280. The Kier molecular flexibility index (Phi) is 9.12. The molecule has 2 aliphatic rings. The number of ether oxygens (including phenoxy) is 1. The quantitative estimate of drug-likeness (QED) is 0.323. The van der Waals surface area contributed by atoms with Gasteiger partial charge in [0.2, 0.25) is 0 Å². The van der Waals surface area contributed by atoms with E-state index in [0.717, 1.165) is 72.1 Å². The summed E-state index contributed by atoms with van der Waals surface area (Å²) in [6.45, 7) is 9.13. The number of benzene rings is 1. The van der Waals surface area contributed by atoms with E-state index < -0.39 is 6.23 Å². The Morgan fingerprint density at radius 2 is 1.92 bits per heavy atom. The number of hydrogen-bond acceptors (Lipinski definition) is 8. The summed E-state index contributed by atoms with van der Waals surface area (Å²) in [6.07, 6.45) is 6.44. The van der Waals surface area contributed by atoms with Gasteiger partial charge in [-0.15, -0.1) is 0 Å². The van der Waals surface area contributed by atoms with Crippen LogP contribution in [-0.4, -0.2) is 50.4 Å². The number of aryl methyl sites for hydroxylation is 2. The van der Waals surface area contributed by atoms with Crippen LogP contribution in [0.5, 0.6) is 5.75 Å². The Morgan fingerprint density at radius 3 is 2.62 bits per heavy atom. The Morgan fingerprint density at radius 1 is 1.18 bits per heavy atom. The van der Waals surface area contributed by atoms with E-state index in [1.54, 1.807) is 0 Å². The van der Waals surface area contributed by atoms with Crippen molar-refractivity contribution < 1.29 is 9.84 Å². The lowest BCUT2D eigenvalue weighted by molar-refractivity contribution is 0.0807. The lowest BCUT2D eigenvalue weighted by atomic mass is 9.87. The highest BCUT2D eigenvalue weighted by molar-refractivity contribution is 7.08. The van der Waals surface area contributed by atoms with Crippen LogP contribution in [0.3, 0.4) is 0 Å². The van der Waals surface area contributed by atoms with E-state index in [-0.39, 0.29) is 10.9 Å². The highest BCUT2D eigenvalue weighted by atomic mass is 32.1. The Hall–Kier alpha value is -2.59. The number of nitrogens with zero attached hydrogens (tertiary/aromatic N) is 3. The van der Waals surface area contributed by atoms with Crippen molar-refractivity contribution in [2.75, 3.05) is 13.1 Å². The van der Waals surface area contributed by atoms with Gasteiger partial charge in [-0.3, -0.25) is 15.1 Å². The molecule has 0 bridgehead atoms. The van der Waals surface area contributed by atoms with Crippen LogP contribution in [0.1, 0.15) is 78.8 Å². The van der Waals surface area contributed by atoms with Crippen LogP contribution in [0.25, 0.3) is 0 Å². The first-order chi connectivity index (χ1) is 18.9. The molecule has 1 fully saturated rings.